The first-order valence-corrected chi connectivity index (χ1v) is 4.21. The molecule has 0 aliphatic carbocycles. The summed E-state index contributed by atoms with van der Waals surface area (Å²) >= 11 is 0. The van der Waals surface area contributed by atoms with Gasteiger partial charge in [-0.15, -0.1) is 0 Å². The van der Waals surface area contributed by atoms with Crippen molar-refractivity contribution < 1.29 is 9.84 Å². The van der Waals surface area contributed by atoms with E-state index in [1.165, 1.54) is 0 Å². The Labute approximate surface area is 67.7 Å². The normalized spacial score (nSPS) is 31.6. The van der Waals surface area contributed by atoms with Gasteiger partial charge < -0.3 is 9.84 Å². The van der Waals surface area contributed by atoms with Crippen LogP contribution in [0.4, 0.5) is 0 Å². The molecule has 0 aromatic rings. The molecule has 0 amide bonds. The van der Waals surface area contributed by atoms with Gasteiger partial charge in [0, 0.05) is 0 Å². The molecule has 11 heavy (non-hydrogen) atoms. The van der Waals surface area contributed by atoms with Crippen LogP contribution in [-0.2, 0) is 4.74 Å². The second-order valence-corrected chi connectivity index (χ2v) is 3.50. The average molecular weight is 159 g/mol. The van der Waals surface area contributed by atoms with Crippen molar-refractivity contribution in [3.63, 3.8) is 0 Å². The zero-order valence-corrected chi connectivity index (χ0v) is 7.21. The molecule has 0 aromatic heterocycles. The minimum atomic E-state index is 0.152. The second kappa shape index (κ2) is 4.04. The third-order valence-electron chi connectivity index (χ3n) is 1.83. The van der Waals surface area contributed by atoms with Gasteiger partial charge in [0.1, 0.15) is 6.23 Å². The molecule has 0 radical (unpaired) electrons. The van der Waals surface area contributed by atoms with E-state index in [0.29, 0.717) is 12.5 Å². The fraction of sp³-hybridized carbons (Fsp3) is 1.00. The maximum atomic E-state index is 8.78. The van der Waals surface area contributed by atoms with E-state index < -0.39 is 0 Å². The van der Waals surface area contributed by atoms with Crippen LogP contribution in [0.5, 0.6) is 0 Å². The topological polar surface area (TPSA) is 41.5 Å². The first-order valence-electron chi connectivity index (χ1n) is 4.21. The molecule has 1 rings (SSSR count). The smallest absolute Gasteiger partial charge is 0.108 e. The summed E-state index contributed by atoms with van der Waals surface area (Å²) in [4.78, 5) is 0. The van der Waals surface area contributed by atoms with E-state index in [4.69, 9.17) is 9.84 Å². The van der Waals surface area contributed by atoms with E-state index in [1.807, 2.05) is 0 Å². The van der Waals surface area contributed by atoms with E-state index in [9.17, 15) is 0 Å². The molecule has 1 aliphatic heterocycles. The lowest BCUT2D eigenvalue weighted by Crippen LogP contribution is -2.33. The quantitative estimate of drug-likeness (QED) is 0.624. The van der Waals surface area contributed by atoms with Crippen molar-refractivity contribution in [1.82, 2.24) is 5.32 Å². The monoisotopic (exact) mass is 159 g/mol. The van der Waals surface area contributed by atoms with E-state index in [-0.39, 0.29) is 18.9 Å². The van der Waals surface area contributed by atoms with Gasteiger partial charge in [0.15, 0.2) is 0 Å². The van der Waals surface area contributed by atoms with Crippen LogP contribution in [0.3, 0.4) is 0 Å². The third-order valence-corrected chi connectivity index (χ3v) is 1.83. The van der Waals surface area contributed by atoms with Crippen LogP contribution in [0.15, 0.2) is 0 Å². The molecular weight excluding hydrogens is 142 g/mol. The Bertz CT molecular complexity index is 117. The number of ether oxygens (including phenoxy) is 1. The molecule has 0 spiro atoms. The fourth-order valence-electron chi connectivity index (χ4n) is 1.26. The average Bonchev–Trinajstić information content (AvgIpc) is 2.34. The van der Waals surface area contributed by atoms with Crippen molar-refractivity contribution in [2.45, 2.75) is 32.5 Å². The maximum Gasteiger partial charge on any atom is 0.108 e. The molecule has 1 saturated heterocycles. The standard InChI is InChI=1S/C8H17NO2/c1-6(2)3-8-9-7(4-10)5-11-8/h6-10H,3-5H2,1-2H3. The van der Waals surface area contributed by atoms with Gasteiger partial charge >= 0.3 is 0 Å². The first kappa shape index (κ1) is 8.97. The zero-order valence-electron chi connectivity index (χ0n) is 7.21. The van der Waals surface area contributed by atoms with Crippen molar-refractivity contribution in [2.24, 2.45) is 5.92 Å². The number of rotatable bonds is 3. The van der Waals surface area contributed by atoms with Gasteiger partial charge in [0.25, 0.3) is 0 Å². The van der Waals surface area contributed by atoms with Crippen molar-refractivity contribution in [3.8, 4) is 0 Å². The highest BCUT2D eigenvalue weighted by Crippen LogP contribution is 2.11. The van der Waals surface area contributed by atoms with Gasteiger partial charge in [-0.1, -0.05) is 13.8 Å². The van der Waals surface area contributed by atoms with E-state index >= 15 is 0 Å². The van der Waals surface area contributed by atoms with Crippen molar-refractivity contribution >= 4 is 0 Å². The lowest BCUT2D eigenvalue weighted by Gasteiger charge is -2.12. The molecule has 66 valence electrons. The lowest BCUT2D eigenvalue weighted by atomic mass is 10.1. The predicted octanol–water partition coefficient (Wildman–Crippen LogP) is 0.339. The van der Waals surface area contributed by atoms with Gasteiger partial charge in [0.2, 0.25) is 0 Å². The van der Waals surface area contributed by atoms with Crippen LogP contribution in [0.25, 0.3) is 0 Å². The molecular formula is C8H17NO2. The summed E-state index contributed by atoms with van der Waals surface area (Å²) in [7, 11) is 0. The molecule has 1 heterocycles. The van der Waals surface area contributed by atoms with Gasteiger partial charge in [-0.2, -0.15) is 0 Å². The highest BCUT2D eigenvalue weighted by Gasteiger charge is 2.23. The van der Waals surface area contributed by atoms with E-state index in [1.54, 1.807) is 0 Å². The van der Waals surface area contributed by atoms with Crippen molar-refractivity contribution in [1.29, 1.82) is 0 Å². The Morgan fingerprint density at radius 1 is 1.64 bits per heavy atom. The van der Waals surface area contributed by atoms with E-state index in [0.717, 1.165) is 6.42 Å². The molecule has 2 atom stereocenters. The Balaban J connectivity index is 2.19. The van der Waals surface area contributed by atoms with Crippen LogP contribution in [0.2, 0.25) is 0 Å². The van der Waals surface area contributed by atoms with Crippen LogP contribution in [-0.4, -0.2) is 30.6 Å². The number of hydrogen-bond acceptors (Lipinski definition) is 3. The first-order chi connectivity index (χ1) is 5.22. The number of aliphatic hydroxyl groups is 1. The number of aliphatic hydroxyl groups excluding tert-OH is 1. The lowest BCUT2D eigenvalue weighted by molar-refractivity contribution is 0.0822. The minimum Gasteiger partial charge on any atom is -0.395 e. The number of hydrogen-bond donors (Lipinski definition) is 2. The van der Waals surface area contributed by atoms with Crippen LogP contribution in [0.1, 0.15) is 20.3 Å². The molecule has 0 aromatic carbocycles. The predicted molar refractivity (Wildman–Crippen MR) is 43.2 cm³/mol. The third kappa shape index (κ3) is 2.77. The highest BCUT2D eigenvalue weighted by molar-refractivity contribution is 4.75. The van der Waals surface area contributed by atoms with Crippen LogP contribution in [0, 0.1) is 5.92 Å². The second-order valence-electron chi connectivity index (χ2n) is 3.50. The molecule has 2 unspecified atom stereocenters. The highest BCUT2D eigenvalue weighted by atomic mass is 16.5. The SMILES string of the molecule is CC(C)CC1NC(CO)CO1. The summed E-state index contributed by atoms with van der Waals surface area (Å²) in [6.45, 7) is 5.15. The largest absolute Gasteiger partial charge is 0.395 e. The Morgan fingerprint density at radius 2 is 2.36 bits per heavy atom. The van der Waals surface area contributed by atoms with Gasteiger partial charge in [-0.3, -0.25) is 5.32 Å². The zero-order chi connectivity index (χ0) is 8.27. The van der Waals surface area contributed by atoms with Crippen molar-refractivity contribution in [2.75, 3.05) is 13.2 Å². The molecule has 3 heteroatoms. The molecule has 1 aliphatic rings. The molecule has 3 nitrogen and oxygen atoms in total. The molecule has 0 bridgehead atoms. The number of nitrogens with one attached hydrogen (secondary N) is 1. The summed E-state index contributed by atoms with van der Waals surface area (Å²) in [6.07, 6.45) is 1.18. The fourth-order valence-corrected chi connectivity index (χ4v) is 1.26. The van der Waals surface area contributed by atoms with Crippen LogP contribution >= 0.6 is 0 Å². The summed E-state index contributed by atoms with van der Waals surface area (Å²) < 4.78 is 5.40. The summed E-state index contributed by atoms with van der Waals surface area (Å²) in [5.74, 6) is 0.643. The maximum absolute atomic E-state index is 8.78. The minimum absolute atomic E-state index is 0.152. The Kier molecular flexibility index (Phi) is 3.30. The summed E-state index contributed by atoms with van der Waals surface area (Å²) in [6, 6.07) is 0.152. The summed E-state index contributed by atoms with van der Waals surface area (Å²) in [5.41, 5.74) is 0. The van der Waals surface area contributed by atoms with Crippen LogP contribution < -0.4 is 5.32 Å². The molecule has 0 saturated carbocycles. The van der Waals surface area contributed by atoms with Gasteiger partial charge in [-0.05, 0) is 12.3 Å². The van der Waals surface area contributed by atoms with Gasteiger partial charge in [-0.25, -0.2) is 0 Å². The van der Waals surface area contributed by atoms with Gasteiger partial charge in [0.05, 0.1) is 19.3 Å². The van der Waals surface area contributed by atoms with Crippen molar-refractivity contribution in [3.05, 3.63) is 0 Å². The molecule has 1 fully saturated rings. The van der Waals surface area contributed by atoms with E-state index in [2.05, 4.69) is 19.2 Å². The molecule has 2 N–H and O–H groups in total. The Morgan fingerprint density at radius 3 is 2.82 bits per heavy atom. The summed E-state index contributed by atoms with van der Waals surface area (Å²) in [5, 5.41) is 12.0. The Hall–Kier alpha value is -0.120.